The lowest BCUT2D eigenvalue weighted by Gasteiger charge is -2.39. The van der Waals surface area contributed by atoms with Crippen molar-refractivity contribution in [2.24, 2.45) is 5.92 Å². The molecule has 3 N–H and O–H groups in total. The fourth-order valence-electron chi connectivity index (χ4n) is 3.72. The van der Waals surface area contributed by atoms with Gasteiger partial charge in [-0.05, 0) is 25.0 Å². The normalized spacial score (nSPS) is 23.6. The van der Waals surface area contributed by atoms with Gasteiger partial charge in [0.05, 0.1) is 5.69 Å². The molecule has 0 unspecified atom stereocenters. The molecule has 10 nitrogen and oxygen atoms in total. The minimum Gasteiger partial charge on any atom is -0.336 e. The number of nitrogens with one attached hydrogen (secondary N) is 3. The second kappa shape index (κ2) is 6.21. The predicted octanol–water partition coefficient (Wildman–Crippen LogP) is -0.213. The van der Waals surface area contributed by atoms with Crippen LogP contribution in [0.2, 0.25) is 0 Å². The van der Waals surface area contributed by atoms with Gasteiger partial charge in [0.15, 0.2) is 5.54 Å². The lowest BCUT2D eigenvalue weighted by Crippen LogP contribution is -2.54. The maximum absolute atomic E-state index is 12.7. The molecule has 0 bridgehead atoms. The molecule has 2 aromatic rings. The highest BCUT2D eigenvalue weighted by Gasteiger charge is 2.54. The molecule has 4 amide bonds. The molecule has 0 spiro atoms. The van der Waals surface area contributed by atoms with E-state index in [-0.39, 0.29) is 17.6 Å². The standard InChI is InChI=1S/C16H17N7O3/c24-13(12-18-9-19-22-12)23-7-4-10(5-8-23)16(11-3-1-2-6-17-11)14(25)20-15(26)21-16/h1-3,6,9-10H,4-5,7-8H2,(H,18,19,22)(H2,20,21,25,26)/t16-/m1/s1. The zero-order valence-electron chi connectivity index (χ0n) is 13.8. The van der Waals surface area contributed by atoms with Gasteiger partial charge in [-0.2, -0.15) is 5.10 Å². The summed E-state index contributed by atoms with van der Waals surface area (Å²) in [4.78, 5) is 46.8. The molecule has 134 valence electrons. The van der Waals surface area contributed by atoms with Gasteiger partial charge in [0, 0.05) is 25.2 Å². The molecule has 0 saturated carbocycles. The van der Waals surface area contributed by atoms with Gasteiger partial charge < -0.3 is 10.2 Å². The molecular formula is C16H17N7O3. The zero-order valence-corrected chi connectivity index (χ0v) is 13.8. The number of H-pyrrole nitrogens is 1. The van der Waals surface area contributed by atoms with Crippen LogP contribution in [0.3, 0.4) is 0 Å². The number of rotatable bonds is 3. The minimum absolute atomic E-state index is 0.178. The average Bonchev–Trinajstić information content (AvgIpc) is 3.30. The first-order valence-electron chi connectivity index (χ1n) is 8.31. The number of urea groups is 1. The summed E-state index contributed by atoms with van der Waals surface area (Å²) in [7, 11) is 0. The Labute approximate surface area is 148 Å². The molecule has 2 saturated heterocycles. The van der Waals surface area contributed by atoms with Crippen LogP contribution in [0.1, 0.15) is 29.2 Å². The van der Waals surface area contributed by atoms with E-state index in [2.05, 4.69) is 30.8 Å². The second-order valence-corrected chi connectivity index (χ2v) is 6.33. The van der Waals surface area contributed by atoms with Gasteiger partial charge in [0.1, 0.15) is 6.33 Å². The van der Waals surface area contributed by atoms with Gasteiger partial charge in [-0.15, -0.1) is 0 Å². The number of likely N-dealkylation sites (tertiary alicyclic amines) is 1. The predicted molar refractivity (Wildman–Crippen MR) is 87.6 cm³/mol. The Kier molecular flexibility index (Phi) is 3.86. The lowest BCUT2D eigenvalue weighted by molar-refractivity contribution is -0.127. The summed E-state index contributed by atoms with van der Waals surface area (Å²) < 4.78 is 0. The molecule has 0 aromatic carbocycles. The van der Waals surface area contributed by atoms with Crippen molar-refractivity contribution in [3.63, 3.8) is 0 Å². The van der Waals surface area contributed by atoms with Crippen molar-refractivity contribution in [3.05, 3.63) is 42.2 Å². The third kappa shape index (κ3) is 2.50. The van der Waals surface area contributed by atoms with Crippen LogP contribution in [0, 0.1) is 5.92 Å². The number of aromatic amines is 1. The summed E-state index contributed by atoms with van der Waals surface area (Å²) in [5, 5.41) is 11.4. The molecule has 26 heavy (non-hydrogen) atoms. The van der Waals surface area contributed by atoms with E-state index in [1.54, 1.807) is 29.3 Å². The number of piperidine rings is 1. The first kappa shape index (κ1) is 16.2. The Morgan fingerprint density at radius 2 is 2.00 bits per heavy atom. The van der Waals surface area contributed by atoms with Crippen molar-refractivity contribution in [2.75, 3.05) is 13.1 Å². The summed E-state index contributed by atoms with van der Waals surface area (Å²) in [5.74, 6) is -0.619. The average molecular weight is 355 g/mol. The number of carbonyl (C=O) groups is 3. The molecule has 0 radical (unpaired) electrons. The van der Waals surface area contributed by atoms with E-state index in [1.807, 2.05) is 0 Å². The van der Waals surface area contributed by atoms with Crippen molar-refractivity contribution in [1.82, 2.24) is 35.7 Å². The highest BCUT2D eigenvalue weighted by Crippen LogP contribution is 2.38. The van der Waals surface area contributed by atoms with Gasteiger partial charge >= 0.3 is 6.03 Å². The second-order valence-electron chi connectivity index (χ2n) is 6.33. The quantitative estimate of drug-likeness (QED) is 0.652. The first-order valence-corrected chi connectivity index (χ1v) is 8.31. The van der Waals surface area contributed by atoms with Crippen LogP contribution in [0.5, 0.6) is 0 Å². The van der Waals surface area contributed by atoms with Gasteiger partial charge in [0.2, 0.25) is 5.82 Å². The molecule has 2 aromatic heterocycles. The number of imide groups is 1. The molecule has 2 aliphatic rings. The van der Waals surface area contributed by atoms with Crippen molar-refractivity contribution < 1.29 is 14.4 Å². The maximum Gasteiger partial charge on any atom is 0.322 e. The Morgan fingerprint density at radius 1 is 1.19 bits per heavy atom. The summed E-state index contributed by atoms with van der Waals surface area (Å²) in [5.41, 5.74) is -0.706. The Balaban J connectivity index is 1.57. The van der Waals surface area contributed by atoms with Gasteiger partial charge in [-0.3, -0.25) is 25.0 Å². The minimum atomic E-state index is -1.21. The SMILES string of the molecule is O=C1NC(=O)[C@](c2ccccn2)(C2CCN(C(=O)c3ncn[nH]3)CC2)N1. The Bertz CT molecular complexity index is 831. The van der Waals surface area contributed by atoms with Gasteiger partial charge in [-0.1, -0.05) is 6.07 Å². The van der Waals surface area contributed by atoms with E-state index >= 15 is 0 Å². The van der Waals surface area contributed by atoms with Crippen LogP contribution in [-0.2, 0) is 10.3 Å². The fourth-order valence-corrected chi connectivity index (χ4v) is 3.72. The van der Waals surface area contributed by atoms with Crippen molar-refractivity contribution in [1.29, 1.82) is 0 Å². The molecular weight excluding hydrogens is 338 g/mol. The van der Waals surface area contributed by atoms with Gasteiger partial charge in [-0.25, -0.2) is 9.78 Å². The number of pyridine rings is 1. The summed E-state index contributed by atoms with van der Waals surface area (Å²) in [6, 6.07) is 4.74. The van der Waals surface area contributed by atoms with Crippen LogP contribution in [0.25, 0.3) is 0 Å². The topological polar surface area (TPSA) is 133 Å². The molecule has 1 atom stereocenters. The number of hydrogen-bond acceptors (Lipinski definition) is 6. The molecule has 10 heteroatoms. The number of aromatic nitrogens is 4. The maximum atomic E-state index is 12.7. The monoisotopic (exact) mass is 355 g/mol. The number of amides is 4. The lowest BCUT2D eigenvalue weighted by atomic mass is 9.75. The van der Waals surface area contributed by atoms with Crippen molar-refractivity contribution in [2.45, 2.75) is 18.4 Å². The molecule has 2 fully saturated rings. The molecule has 0 aliphatic carbocycles. The van der Waals surface area contributed by atoms with Crippen molar-refractivity contribution in [3.8, 4) is 0 Å². The first-order chi connectivity index (χ1) is 12.6. The fraction of sp³-hybridized carbons (Fsp3) is 0.375. The summed E-state index contributed by atoms with van der Waals surface area (Å²) in [6.07, 6.45) is 3.97. The van der Waals surface area contributed by atoms with E-state index in [0.29, 0.717) is 31.6 Å². The van der Waals surface area contributed by atoms with Gasteiger partial charge in [0.25, 0.3) is 11.8 Å². The highest BCUT2D eigenvalue weighted by atomic mass is 16.2. The molecule has 4 rings (SSSR count). The largest absolute Gasteiger partial charge is 0.336 e. The number of hydrogen-bond donors (Lipinski definition) is 3. The zero-order chi connectivity index (χ0) is 18.1. The van der Waals surface area contributed by atoms with E-state index < -0.39 is 17.5 Å². The van der Waals surface area contributed by atoms with Crippen molar-refractivity contribution >= 4 is 17.8 Å². The van der Waals surface area contributed by atoms with E-state index in [1.165, 1.54) is 6.33 Å². The molecule has 4 heterocycles. The third-order valence-electron chi connectivity index (χ3n) is 4.98. The Hall–Kier alpha value is -3.30. The highest BCUT2D eigenvalue weighted by molar-refractivity contribution is 6.07. The van der Waals surface area contributed by atoms with Crippen LogP contribution < -0.4 is 10.6 Å². The van der Waals surface area contributed by atoms with Crippen LogP contribution in [0.15, 0.2) is 30.7 Å². The van der Waals surface area contributed by atoms with Crippen LogP contribution in [-0.4, -0.2) is 56.0 Å². The van der Waals surface area contributed by atoms with E-state index in [9.17, 15) is 14.4 Å². The van der Waals surface area contributed by atoms with Crippen LogP contribution >= 0.6 is 0 Å². The number of carbonyl (C=O) groups excluding carboxylic acids is 3. The van der Waals surface area contributed by atoms with E-state index in [0.717, 1.165) is 0 Å². The Morgan fingerprint density at radius 3 is 2.58 bits per heavy atom. The summed E-state index contributed by atoms with van der Waals surface area (Å²) in [6.45, 7) is 0.893. The number of nitrogens with zero attached hydrogens (tertiary/aromatic N) is 4. The smallest absolute Gasteiger partial charge is 0.322 e. The summed E-state index contributed by atoms with van der Waals surface area (Å²) >= 11 is 0. The molecule has 2 aliphatic heterocycles. The third-order valence-corrected chi connectivity index (χ3v) is 4.98. The van der Waals surface area contributed by atoms with E-state index in [4.69, 9.17) is 0 Å². The van der Waals surface area contributed by atoms with Crippen LogP contribution in [0.4, 0.5) is 4.79 Å².